The molecule has 15 heavy (non-hydrogen) atoms. The molecule has 0 aromatic rings. The van der Waals surface area contributed by atoms with E-state index in [1.54, 1.807) is 0 Å². The number of hydrogen-bond donors (Lipinski definition) is 1. The standard InChI is InChI=1S/C11H24N2S2/c1-10(8-14-3)13(2)6-4-11-9-15-7-5-12-11/h10-12H,4-9H2,1-3H3. The van der Waals surface area contributed by atoms with Gasteiger partial charge < -0.3 is 10.2 Å². The maximum atomic E-state index is 3.59. The molecule has 2 unspecified atom stereocenters. The Bertz CT molecular complexity index is 161. The molecule has 2 nitrogen and oxygen atoms in total. The normalized spacial score (nSPS) is 24.4. The van der Waals surface area contributed by atoms with Crippen LogP contribution in [-0.4, -0.2) is 60.6 Å². The zero-order valence-corrected chi connectivity index (χ0v) is 11.8. The van der Waals surface area contributed by atoms with Crippen molar-refractivity contribution in [2.24, 2.45) is 0 Å². The highest BCUT2D eigenvalue weighted by molar-refractivity contribution is 7.99. The number of rotatable bonds is 6. The Morgan fingerprint density at radius 2 is 2.40 bits per heavy atom. The van der Waals surface area contributed by atoms with Crippen LogP contribution in [0.15, 0.2) is 0 Å². The van der Waals surface area contributed by atoms with Crippen LogP contribution in [-0.2, 0) is 0 Å². The molecule has 1 heterocycles. The van der Waals surface area contributed by atoms with Crippen LogP contribution in [0.25, 0.3) is 0 Å². The predicted molar refractivity (Wildman–Crippen MR) is 74.2 cm³/mol. The molecule has 1 rings (SSSR count). The largest absolute Gasteiger partial charge is 0.312 e. The molecule has 0 aromatic carbocycles. The van der Waals surface area contributed by atoms with Gasteiger partial charge in [-0.1, -0.05) is 0 Å². The highest BCUT2D eigenvalue weighted by Gasteiger charge is 2.15. The van der Waals surface area contributed by atoms with Crippen molar-refractivity contribution in [1.29, 1.82) is 0 Å². The van der Waals surface area contributed by atoms with Crippen LogP contribution in [0.2, 0.25) is 0 Å². The Morgan fingerprint density at radius 1 is 1.60 bits per heavy atom. The highest BCUT2D eigenvalue weighted by Crippen LogP contribution is 2.11. The summed E-state index contributed by atoms with van der Waals surface area (Å²) in [7, 11) is 2.25. The molecule has 0 radical (unpaired) electrons. The Hall–Kier alpha value is 0.620. The molecule has 0 saturated carbocycles. The van der Waals surface area contributed by atoms with E-state index in [1.807, 2.05) is 11.8 Å². The van der Waals surface area contributed by atoms with E-state index in [2.05, 4.69) is 42.2 Å². The molecule has 0 spiro atoms. The van der Waals surface area contributed by atoms with E-state index in [0.29, 0.717) is 6.04 Å². The molecule has 4 heteroatoms. The van der Waals surface area contributed by atoms with E-state index < -0.39 is 0 Å². The molecule has 0 aliphatic carbocycles. The maximum absolute atomic E-state index is 3.59. The Morgan fingerprint density at radius 3 is 3.00 bits per heavy atom. The smallest absolute Gasteiger partial charge is 0.0170 e. The monoisotopic (exact) mass is 248 g/mol. The lowest BCUT2D eigenvalue weighted by Crippen LogP contribution is -2.41. The summed E-state index contributed by atoms with van der Waals surface area (Å²) < 4.78 is 0. The average Bonchev–Trinajstić information content (AvgIpc) is 2.27. The van der Waals surface area contributed by atoms with Crippen molar-refractivity contribution in [1.82, 2.24) is 10.2 Å². The second-order valence-corrected chi connectivity index (χ2v) is 6.36. The second-order valence-electron chi connectivity index (χ2n) is 4.30. The first-order valence-electron chi connectivity index (χ1n) is 5.74. The fourth-order valence-corrected chi connectivity index (χ4v) is 3.49. The van der Waals surface area contributed by atoms with Gasteiger partial charge in [0.2, 0.25) is 0 Å². The first kappa shape index (κ1) is 13.7. The van der Waals surface area contributed by atoms with Crippen molar-refractivity contribution in [2.45, 2.75) is 25.4 Å². The van der Waals surface area contributed by atoms with Crippen LogP contribution < -0.4 is 5.32 Å². The minimum atomic E-state index is 0.705. The van der Waals surface area contributed by atoms with Crippen LogP contribution in [0.5, 0.6) is 0 Å². The molecule has 90 valence electrons. The summed E-state index contributed by atoms with van der Waals surface area (Å²) in [5, 5.41) is 3.59. The first-order valence-corrected chi connectivity index (χ1v) is 8.29. The first-order chi connectivity index (χ1) is 7.24. The Balaban J connectivity index is 2.11. The van der Waals surface area contributed by atoms with Gasteiger partial charge in [-0.05, 0) is 33.2 Å². The van der Waals surface area contributed by atoms with Gasteiger partial charge in [-0.2, -0.15) is 23.5 Å². The van der Waals surface area contributed by atoms with Crippen LogP contribution >= 0.6 is 23.5 Å². The molecule has 2 atom stereocenters. The van der Waals surface area contributed by atoms with Gasteiger partial charge in [0, 0.05) is 35.9 Å². The number of nitrogens with zero attached hydrogens (tertiary/aromatic N) is 1. The van der Waals surface area contributed by atoms with Gasteiger partial charge in [0.25, 0.3) is 0 Å². The molecule has 1 saturated heterocycles. The number of hydrogen-bond acceptors (Lipinski definition) is 4. The van der Waals surface area contributed by atoms with Crippen LogP contribution in [0.1, 0.15) is 13.3 Å². The summed E-state index contributed by atoms with van der Waals surface area (Å²) in [4.78, 5) is 2.48. The van der Waals surface area contributed by atoms with Gasteiger partial charge in [0.1, 0.15) is 0 Å². The molecule has 1 N–H and O–H groups in total. The predicted octanol–water partition coefficient (Wildman–Crippen LogP) is 1.76. The second kappa shape index (κ2) is 7.82. The van der Waals surface area contributed by atoms with Crippen molar-refractivity contribution in [2.75, 3.05) is 43.7 Å². The van der Waals surface area contributed by atoms with E-state index in [4.69, 9.17) is 0 Å². The molecule has 0 aromatic heterocycles. The summed E-state index contributed by atoms with van der Waals surface area (Å²) >= 11 is 4.03. The SMILES string of the molecule is CSCC(C)N(C)CCC1CSCCN1. The molecule has 1 aliphatic rings. The van der Waals surface area contributed by atoms with Crippen molar-refractivity contribution < 1.29 is 0 Å². The molecular formula is C11H24N2S2. The third kappa shape index (κ3) is 5.48. The van der Waals surface area contributed by atoms with Gasteiger partial charge in [0.05, 0.1) is 0 Å². The molecule has 0 amide bonds. The molecule has 0 bridgehead atoms. The molecule has 1 fully saturated rings. The average molecular weight is 248 g/mol. The van der Waals surface area contributed by atoms with E-state index >= 15 is 0 Å². The fourth-order valence-electron chi connectivity index (χ4n) is 1.75. The van der Waals surface area contributed by atoms with Crippen LogP contribution in [0.3, 0.4) is 0 Å². The highest BCUT2D eigenvalue weighted by atomic mass is 32.2. The lowest BCUT2D eigenvalue weighted by Gasteiger charge is -2.28. The van der Waals surface area contributed by atoms with Crippen molar-refractivity contribution >= 4 is 23.5 Å². The number of thioether (sulfide) groups is 2. The van der Waals surface area contributed by atoms with Gasteiger partial charge in [0.15, 0.2) is 0 Å². The van der Waals surface area contributed by atoms with E-state index in [0.717, 1.165) is 6.04 Å². The topological polar surface area (TPSA) is 15.3 Å². The van der Waals surface area contributed by atoms with Crippen LogP contribution in [0, 0.1) is 0 Å². The van der Waals surface area contributed by atoms with Gasteiger partial charge in [-0.15, -0.1) is 0 Å². The quantitative estimate of drug-likeness (QED) is 0.770. The summed E-state index contributed by atoms with van der Waals surface area (Å²) in [5.41, 5.74) is 0. The Labute approximate surface area is 103 Å². The lowest BCUT2D eigenvalue weighted by molar-refractivity contribution is 0.263. The molecular weight excluding hydrogens is 224 g/mol. The van der Waals surface area contributed by atoms with Crippen LogP contribution in [0.4, 0.5) is 0 Å². The lowest BCUT2D eigenvalue weighted by atomic mass is 10.2. The van der Waals surface area contributed by atoms with E-state index in [-0.39, 0.29) is 0 Å². The Kier molecular flexibility index (Phi) is 7.14. The summed E-state index contributed by atoms with van der Waals surface area (Å²) in [6.45, 7) is 4.74. The summed E-state index contributed by atoms with van der Waals surface area (Å²) in [6, 6.07) is 1.45. The zero-order chi connectivity index (χ0) is 11.1. The molecule has 1 aliphatic heterocycles. The summed E-state index contributed by atoms with van der Waals surface area (Å²) in [6.07, 6.45) is 3.48. The number of nitrogens with one attached hydrogen (secondary N) is 1. The summed E-state index contributed by atoms with van der Waals surface area (Å²) in [5.74, 6) is 3.82. The van der Waals surface area contributed by atoms with Crippen molar-refractivity contribution in [3.05, 3.63) is 0 Å². The van der Waals surface area contributed by atoms with E-state index in [9.17, 15) is 0 Å². The van der Waals surface area contributed by atoms with Crippen molar-refractivity contribution in [3.63, 3.8) is 0 Å². The van der Waals surface area contributed by atoms with Gasteiger partial charge >= 0.3 is 0 Å². The van der Waals surface area contributed by atoms with Gasteiger partial charge in [-0.25, -0.2) is 0 Å². The van der Waals surface area contributed by atoms with Crippen molar-refractivity contribution in [3.8, 4) is 0 Å². The minimum absolute atomic E-state index is 0.705. The van der Waals surface area contributed by atoms with E-state index in [1.165, 1.54) is 36.8 Å². The maximum Gasteiger partial charge on any atom is 0.0170 e. The third-order valence-corrected chi connectivity index (χ3v) is 4.94. The fraction of sp³-hybridized carbons (Fsp3) is 1.00. The minimum Gasteiger partial charge on any atom is -0.312 e. The van der Waals surface area contributed by atoms with Gasteiger partial charge in [-0.3, -0.25) is 0 Å². The third-order valence-electron chi connectivity index (χ3n) is 2.99. The zero-order valence-electron chi connectivity index (χ0n) is 10.2.